The van der Waals surface area contributed by atoms with Gasteiger partial charge in [0.2, 0.25) is 11.7 Å². The highest BCUT2D eigenvalue weighted by atomic mass is 35.5. The van der Waals surface area contributed by atoms with Crippen LogP contribution in [0.25, 0.3) is 22.4 Å². The first-order chi connectivity index (χ1) is 15.9. The number of rotatable bonds is 4. The van der Waals surface area contributed by atoms with E-state index in [1.807, 2.05) is 44.0 Å². The number of fused-ring (bicyclic) bond motifs is 1. The van der Waals surface area contributed by atoms with Crippen LogP contribution in [0, 0.1) is 13.8 Å². The van der Waals surface area contributed by atoms with Gasteiger partial charge in [0.15, 0.2) is 5.65 Å². The van der Waals surface area contributed by atoms with Gasteiger partial charge in [-0.15, -0.1) is 0 Å². The SMILES string of the molecule is Cc1cc(C(=O)N2CCN(Cc3nc(-c4ccc(Cl)cc4)no3)CC2)c2c(C)nn(C)c2n1. The third kappa shape index (κ3) is 4.21. The lowest BCUT2D eigenvalue weighted by Gasteiger charge is -2.34. The zero-order chi connectivity index (χ0) is 23.1. The first kappa shape index (κ1) is 21.5. The summed E-state index contributed by atoms with van der Waals surface area (Å²) in [6.45, 7) is 7.06. The summed E-state index contributed by atoms with van der Waals surface area (Å²) in [5.41, 5.74) is 3.88. The topological polar surface area (TPSA) is 93.2 Å². The molecular formula is C23H24ClN7O2. The van der Waals surface area contributed by atoms with Gasteiger partial charge >= 0.3 is 0 Å². The molecule has 1 aromatic carbocycles. The van der Waals surface area contributed by atoms with Crippen molar-refractivity contribution >= 4 is 28.5 Å². The fraction of sp³-hybridized carbons (Fsp3) is 0.348. The highest BCUT2D eigenvalue weighted by Crippen LogP contribution is 2.24. The van der Waals surface area contributed by atoms with Crippen molar-refractivity contribution in [2.45, 2.75) is 20.4 Å². The second kappa shape index (κ2) is 8.57. The maximum Gasteiger partial charge on any atom is 0.254 e. The molecule has 1 amide bonds. The van der Waals surface area contributed by atoms with E-state index in [0.717, 1.165) is 41.1 Å². The monoisotopic (exact) mass is 465 g/mol. The maximum atomic E-state index is 13.4. The lowest BCUT2D eigenvalue weighted by Crippen LogP contribution is -2.48. The Morgan fingerprint density at radius 1 is 1.09 bits per heavy atom. The number of carbonyl (C=O) groups excluding carboxylic acids is 1. The van der Waals surface area contributed by atoms with Crippen molar-refractivity contribution in [2.24, 2.45) is 7.05 Å². The molecule has 0 unspecified atom stereocenters. The van der Waals surface area contributed by atoms with Crippen molar-refractivity contribution in [3.05, 3.63) is 58.2 Å². The molecule has 0 saturated carbocycles. The normalized spacial score (nSPS) is 14.8. The van der Waals surface area contributed by atoms with Gasteiger partial charge in [0.05, 0.1) is 23.2 Å². The number of hydrogen-bond donors (Lipinski definition) is 0. The first-order valence-electron chi connectivity index (χ1n) is 10.8. The second-order valence-electron chi connectivity index (χ2n) is 8.31. The van der Waals surface area contributed by atoms with Gasteiger partial charge in [-0.2, -0.15) is 10.1 Å². The molecule has 0 atom stereocenters. The fourth-order valence-electron chi connectivity index (χ4n) is 4.24. The summed E-state index contributed by atoms with van der Waals surface area (Å²) in [5.74, 6) is 1.11. The smallest absolute Gasteiger partial charge is 0.254 e. The van der Waals surface area contributed by atoms with E-state index < -0.39 is 0 Å². The minimum atomic E-state index is 0.0177. The van der Waals surface area contributed by atoms with Gasteiger partial charge in [-0.3, -0.25) is 14.4 Å². The highest BCUT2D eigenvalue weighted by molar-refractivity contribution is 6.30. The van der Waals surface area contributed by atoms with E-state index in [1.54, 1.807) is 16.8 Å². The average molecular weight is 466 g/mol. The van der Waals surface area contributed by atoms with E-state index in [2.05, 4.69) is 25.1 Å². The van der Waals surface area contributed by atoms with Crippen LogP contribution in [-0.2, 0) is 13.6 Å². The standard InChI is InChI=1S/C23H24ClN7O2/c1-14-12-18(20-15(2)27-29(3)22(20)25-14)23(32)31-10-8-30(9-11-31)13-19-26-21(28-33-19)16-4-6-17(24)7-5-16/h4-7,12H,8-11,13H2,1-3H3. The zero-order valence-electron chi connectivity index (χ0n) is 18.7. The van der Waals surface area contributed by atoms with Crippen molar-refractivity contribution in [2.75, 3.05) is 26.2 Å². The summed E-state index contributed by atoms with van der Waals surface area (Å²) >= 11 is 5.95. The lowest BCUT2D eigenvalue weighted by atomic mass is 10.1. The van der Waals surface area contributed by atoms with Crippen LogP contribution in [-0.4, -0.2) is 66.8 Å². The van der Waals surface area contributed by atoms with Crippen LogP contribution < -0.4 is 0 Å². The van der Waals surface area contributed by atoms with Gasteiger partial charge in [-0.1, -0.05) is 16.8 Å². The van der Waals surface area contributed by atoms with Gasteiger partial charge in [0.25, 0.3) is 5.91 Å². The molecule has 0 radical (unpaired) electrons. The Morgan fingerprint density at radius 2 is 1.82 bits per heavy atom. The zero-order valence-corrected chi connectivity index (χ0v) is 19.5. The van der Waals surface area contributed by atoms with Crippen LogP contribution >= 0.6 is 11.6 Å². The number of benzene rings is 1. The molecule has 1 aliphatic rings. The molecule has 1 saturated heterocycles. The Kier molecular flexibility index (Phi) is 5.59. The molecular weight excluding hydrogens is 442 g/mol. The molecule has 1 fully saturated rings. The molecule has 4 heterocycles. The van der Waals surface area contributed by atoms with E-state index in [1.165, 1.54) is 0 Å². The first-order valence-corrected chi connectivity index (χ1v) is 11.2. The molecule has 0 N–H and O–H groups in total. The predicted octanol–water partition coefficient (Wildman–Crippen LogP) is 3.25. The van der Waals surface area contributed by atoms with Gasteiger partial charge in [0, 0.05) is 49.5 Å². The van der Waals surface area contributed by atoms with Crippen LogP contribution in [0.15, 0.2) is 34.9 Å². The van der Waals surface area contributed by atoms with E-state index in [9.17, 15) is 4.79 Å². The molecule has 1 aliphatic heterocycles. The number of pyridine rings is 1. The van der Waals surface area contributed by atoms with Gasteiger partial charge in [-0.05, 0) is 44.2 Å². The van der Waals surface area contributed by atoms with Gasteiger partial charge in [0.1, 0.15) is 0 Å². The molecule has 9 nitrogen and oxygen atoms in total. The molecule has 3 aromatic heterocycles. The van der Waals surface area contributed by atoms with E-state index >= 15 is 0 Å². The number of nitrogens with zero attached hydrogens (tertiary/aromatic N) is 7. The molecule has 0 aliphatic carbocycles. The summed E-state index contributed by atoms with van der Waals surface area (Å²) < 4.78 is 7.17. The number of amides is 1. The summed E-state index contributed by atoms with van der Waals surface area (Å²) in [6, 6.07) is 9.19. The number of aromatic nitrogens is 5. The molecule has 33 heavy (non-hydrogen) atoms. The molecule has 0 spiro atoms. The van der Waals surface area contributed by atoms with Gasteiger partial charge in [-0.25, -0.2) is 4.98 Å². The minimum Gasteiger partial charge on any atom is -0.338 e. The quantitative estimate of drug-likeness (QED) is 0.456. The van der Waals surface area contributed by atoms with Crippen LogP contribution in [0.1, 0.15) is 27.6 Å². The molecule has 0 bridgehead atoms. The van der Waals surface area contributed by atoms with E-state index in [4.69, 9.17) is 16.1 Å². The van der Waals surface area contributed by atoms with Crippen molar-refractivity contribution in [3.63, 3.8) is 0 Å². The largest absolute Gasteiger partial charge is 0.338 e. The van der Waals surface area contributed by atoms with Crippen LogP contribution in [0.2, 0.25) is 5.02 Å². The third-order valence-corrected chi connectivity index (χ3v) is 6.17. The summed E-state index contributed by atoms with van der Waals surface area (Å²) in [5, 5.41) is 10.0. The Labute approximate surface area is 196 Å². The van der Waals surface area contributed by atoms with E-state index in [0.29, 0.717) is 41.9 Å². The van der Waals surface area contributed by atoms with Crippen LogP contribution in [0.5, 0.6) is 0 Å². The predicted molar refractivity (Wildman–Crippen MR) is 124 cm³/mol. The number of carbonyl (C=O) groups is 1. The van der Waals surface area contributed by atoms with Crippen LogP contribution in [0.4, 0.5) is 0 Å². The summed E-state index contributed by atoms with van der Waals surface area (Å²) in [4.78, 5) is 26.5. The van der Waals surface area contributed by atoms with Crippen molar-refractivity contribution in [1.82, 2.24) is 34.7 Å². The Morgan fingerprint density at radius 3 is 2.55 bits per heavy atom. The molecule has 5 rings (SSSR count). The van der Waals surface area contributed by atoms with Crippen molar-refractivity contribution in [1.29, 1.82) is 0 Å². The Hall–Kier alpha value is -3.30. The number of piperazine rings is 1. The minimum absolute atomic E-state index is 0.0177. The molecule has 4 aromatic rings. The number of aryl methyl sites for hydroxylation is 3. The van der Waals surface area contributed by atoms with Crippen molar-refractivity contribution < 1.29 is 9.32 Å². The average Bonchev–Trinajstić information content (AvgIpc) is 3.38. The van der Waals surface area contributed by atoms with Crippen LogP contribution in [0.3, 0.4) is 0 Å². The van der Waals surface area contributed by atoms with Crippen molar-refractivity contribution in [3.8, 4) is 11.4 Å². The highest BCUT2D eigenvalue weighted by Gasteiger charge is 2.26. The Bertz CT molecular complexity index is 1320. The number of halogens is 1. The second-order valence-corrected chi connectivity index (χ2v) is 8.74. The summed E-state index contributed by atoms with van der Waals surface area (Å²) in [7, 11) is 1.85. The molecule has 10 heteroatoms. The fourth-order valence-corrected chi connectivity index (χ4v) is 4.37. The van der Waals surface area contributed by atoms with Gasteiger partial charge < -0.3 is 9.42 Å². The molecule has 170 valence electrons. The lowest BCUT2D eigenvalue weighted by molar-refractivity contribution is 0.0617. The number of hydrogen-bond acceptors (Lipinski definition) is 7. The summed E-state index contributed by atoms with van der Waals surface area (Å²) in [6.07, 6.45) is 0. The van der Waals surface area contributed by atoms with E-state index in [-0.39, 0.29) is 5.91 Å². The Balaban J connectivity index is 1.25. The maximum absolute atomic E-state index is 13.4. The third-order valence-electron chi connectivity index (χ3n) is 5.92.